The molecule has 0 aromatic heterocycles. The molecule has 0 radical (unpaired) electrons. The van der Waals surface area contributed by atoms with Crippen molar-refractivity contribution in [1.82, 2.24) is 10.2 Å². The average molecular weight is 340 g/mol. The molecule has 0 bridgehead atoms. The van der Waals surface area contributed by atoms with Gasteiger partial charge in [0.2, 0.25) is 5.91 Å². The number of hydrogen-bond acceptors (Lipinski definition) is 3. The van der Waals surface area contributed by atoms with E-state index in [1.807, 2.05) is 43.3 Å². The Labute approximate surface area is 148 Å². The van der Waals surface area contributed by atoms with E-state index in [-0.39, 0.29) is 11.8 Å². The molecule has 5 heteroatoms. The third-order valence-electron chi connectivity index (χ3n) is 3.98. The average Bonchev–Trinajstić information content (AvgIpc) is 2.61. The summed E-state index contributed by atoms with van der Waals surface area (Å²) in [6.45, 7) is 4.77. The van der Waals surface area contributed by atoms with Crippen LogP contribution in [0.2, 0.25) is 0 Å². The van der Waals surface area contributed by atoms with Gasteiger partial charge in [-0.15, -0.1) is 0 Å². The minimum atomic E-state index is -0.138. The Balaban J connectivity index is 1.92. The zero-order valence-corrected chi connectivity index (χ0v) is 14.9. The normalized spacial score (nSPS) is 10.2. The predicted octanol–water partition coefficient (Wildman–Crippen LogP) is 2.78. The van der Waals surface area contributed by atoms with E-state index < -0.39 is 0 Å². The first-order valence-electron chi connectivity index (χ1n) is 8.23. The fourth-order valence-corrected chi connectivity index (χ4v) is 2.50. The minimum Gasteiger partial charge on any atom is -0.496 e. The lowest BCUT2D eigenvalue weighted by Gasteiger charge is -2.22. The molecule has 0 fully saturated rings. The molecule has 0 aliphatic heterocycles. The quantitative estimate of drug-likeness (QED) is 0.843. The number of ether oxygens (including phenoxy) is 1. The largest absolute Gasteiger partial charge is 0.496 e. The van der Waals surface area contributed by atoms with Gasteiger partial charge in [0.25, 0.3) is 5.91 Å². The van der Waals surface area contributed by atoms with Crippen LogP contribution in [-0.4, -0.2) is 36.9 Å². The maximum absolute atomic E-state index is 12.1. The third kappa shape index (κ3) is 5.35. The van der Waals surface area contributed by atoms with Crippen molar-refractivity contribution >= 4 is 11.8 Å². The minimum absolute atomic E-state index is 0.0458. The summed E-state index contributed by atoms with van der Waals surface area (Å²) in [5, 5.41) is 2.85. The van der Waals surface area contributed by atoms with Crippen molar-refractivity contribution in [2.75, 3.05) is 20.2 Å². The molecular formula is C20H24N2O3. The van der Waals surface area contributed by atoms with Gasteiger partial charge in [-0.2, -0.15) is 0 Å². The molecule has 0 unspecified atom stereocenters. The molecule has 0 saturated heterocycles. The van der Waals surface area contributed by atoms with E-state index in [1.54, 1.807) is 24.1 Å². The molecule has 25 heavy (non-hydrogen) atoms. The summed E-state index contributed by atoms with van der Waals surface area (Å²) in [6.07, 6.45) is 0. The lowest BCUT2D eigenvalue weighted by molar-refractivity contribution is -0.129. The molecule has 0 saturated carbocycles. The second-order valence-electron chi connectivity index (χ2n) is 5.87. The third-order valence-corrected chi connectivity index (χ3v) is 3.98. The summed E-state index contributed by atoms with van der Waals surface area (Å²) in [5.74, 6) is 0.564. The van der Waals surface area contributed by atoms with Crippen molar-refractivity contribution in [3.05, 3.63) is 65.2 Å². The SMILES string of the molecule is COc1ccccc1CN(CCNC(=O)c1ccc(C)cc1)C(C)=O. The van der Waals surface area contributed by atoms with Gasteiger partial charge in [-0.25, -0.2) is 0 Å². The first-order chi connectivity index (χ1) is 12.0. The van der Waals surface area contributed by atoms with Gasteiger partial charge in [-0.3, -0.25) is 9.59 Å². The predicted molar refractivity (Wildman–Crippen MR) is 97.6 cm³/mol. The fraction of sp³-hybridized carbons (Fsp3) is 0.300. The molecule has 2 rings (SSSR count). The molecule has 0 spiro atoms. The highest BCUT2D eigenvalue weighted by Crippen LogP contribution is 2.19. The van der Waals surface area contributed by atoms with Crippen LogP contribution in [0.4, 0.5) is 0 Å². The van der Waals surface area contributed by atoms with Crippen molar-refractivity contribution in [3.63, 3.8) is 0 Å². The van der Waals surface area contributed by atoms with Gasteiger partial charge in [0, 0.05) is 37.7 Å². The number of para-hydroxylation sites is 1. The zero-order valence-electron chi connectivity index (χ0n) is 14.9. The first-order valence-corrected chi connectivity index (χ1v) is 8.23. The van der Waals surface area contributed by atoms with Gasteiger partial charge in [-0.05, 0) is 25.1 Å². The van der Waals surface area contributed by atoms with Crippen molar-refractivity contribution in [3.8, 4) is 5.75 Å². The van der Waals surface area contributed by atoms with E-state index in [0.29, 0.717) is 25.2 Å². The molecule has 2 aromatic rings. The number of methoxy groups -OCH3 is 1. The van der Waals surface area contributed by atoms with Crippen LogP contribution in [0.15, 0.2) is 48.5 Å². The topological polar surface area (TPSA) is 58.6 Å². The van der Waals surface area contributed by atoms with Crippen molar-refractivity contribution < 1.29 is 14.3 Å². The molecule has 2 aromatic carbocycles. The van der Waals surface area contributed by atoms with Crippen LogP contribution >= 0.6 is 0 Å². The molecule has 132 valence electrons. The Morgan fingerprint density at radius 1 is 1.08 bits per heavy atom. The molecule has 5 nitrogen and oxygen atoms in total. The van der Waals surface area contributed by atoms with Gasteiger partial charge in [0.1, 0.15) is 5.75 Å². The Morgan fingerprint density at radius 2 is 1.76 bits per heavy atom. The standard InChI is InChI=1S/C20H24N2O3/c1-15-8-10-17(11-9-15)20(24)21-12-13-22(16(2)23)14-18-6-4-5-7-19(18)25-3/h4-11H,12-14H2,1-3H3,(H,21,24). The number of nitrogens with one attached hydrogen (secondary N) is 1. The number of nitrogens with zero attached hydrogens (tertiary/aromatic N) is 1. The van der Waals surface area contributed by atoms with E-state index in [4.69, 9.17) is 4.74 Å². The van der Waals surface area contributed by atoms with E-state index in [9.17, 15) is 9.59 Å². The molecule has 2 amide bonds. The lowest BCUT2D eigenvalue weighted by atomic mass is 10.1. The van der Waals surface area contributed by atoms with E-state index in [1.165, 1.54) is 6.92 Å². The van der Waals surface area contributed by atoms with Gasteiger partial charge in [-0.1, -0.05) is 35.9 Å². The number of hydrogen-bond donors (Lipinski definition) is 1. The van der Waals surface area contributed by atoms with Crippen LogP contribution < -0.4 is 10.1 Å². The summed E-state index contributed by atoms with van der Waals surface area (Å²) in [7, 11) is 1.61. The monoisotopic (exact) mass is 340 g/mol. The van der Waals surface area contributed by atoms with E-state index >= 15 is 0 Å². The van der Waals surface area contributed by atoms with Crippen LogP contribution in [0.5, 0.6) is 5.75 Å². The smallest absolute Gasteiger partial charge is 0.251 e. The molecule has 0 atom stereocenters. The van der Waals surface area contributed by atoms with E-state index in [0.717, 1.165) is 16.9 Å². The van der Waals surface area contributed by atoms with E-state index in [2.05, 4.69) is 5.32 Å². The summed E-state index contributed by atoms with van der Waals surface area (Å²) in [4.78, 5) is 25.7. The number of carbonyl (C=O) groups is 2. The van der Waals surface area contributed by atoms with Crippen molar-refractivity contribution in [2.45, 2.75) is 20.4 Å². The lowest BCUT2D eigenvalue weighted by Crippen LogP contribution is -2.37. The van der Waals surface area contributed by atoms with Gasteiger partial charge in [0.05, 0.1) is 7.11 Å². The highest BCUT2D eigenvalue weighted by molar-refractivity contribution is 5.94. The van der Waals surface area contributed by atoms with Gasteiger partial charge < -0.3 is 15.0 Å². The van der Waals surface area contributed by atoms with Crippen LogP contribution in [0.3, 0.4) is 0 Å². The Hall–Kier alpha value is -2.82. The van der Waals surface area contributed by atoms with Gasteiger partial charge >= 0.3 is 0 Å². The molecule has 0 heterocycles. The van der Waals surface area contributed by atoms with Crippen LogP contribution in [0.1, 0.15) is 28.4 Å². The van der Waals surface area contributed by atoms with Crippen LogP contribution in [0.25, 0.3) is 0 Å². The second kappa shape index (κ2) is 8.87. The van der Waals surface area contributed by atoms with Gasteiger partial charge in [0.15, 0.2) is 0 Å². The number of benzene rings is 2. The van der Waals surface area contributed by atoms with Crippen molar-refractivity contribution in [1.29, 1.82) is 0 Å². The Morgan fingerprint density at radius 3 is 2.40 bits per heavy atom. The number of rotatable bonds is 7. The number of aryl methyl sites for hydroxylation is 1. The highest BCUT2D eigenvalue weighted by Gasteiger charge is 2.13. The van der Waals surface area contributed by atoms with Crippen molar-refractivity contribution in [2.24, 2.45) is 0 Å². The maximum atomic E-state index is 12.1. The number of carbonyl (C=O) groups excluding carboxylic acids is 2. The summed E-state index contributed by atoms with van der Waals surface area (Å²) < 4.78 is 5.33. The Bertz CT molecular complexity index is 726. The number of amides is 2. The Kier molecular flexibility index (Phi) is 6.57. The molecule has 0 aliphatic carbocycles. The van der Waals surface area contributed by atoms with Crippen LogP contribution in [-0.2, 0) is 11.3 Å². The summed E-state index contributed by atoms with van der Waals surface area (Å²) in [5.41, 5.74) is 2.66. The maximum Gasteiger partial charge on any atom is 0.251 e. The summed E-state index contributed by atoms with van der Waals surface area (Å²) >= 11 is 0. The summed E-state index contributed by atoms with van der Waals surface area (Å²) in [6, 6.07) is 15.0. The fourth-order valence-electron chi connectivity index (χ4n) is 2.50. The second-order valence-corrected chi connectivity index (χ2v) is 5.87. The first kappa shape index (κ1) is 18.5. The highest BCUT2D eigenvalue weighted by atomic mass is 16.5. The molecule has 0 aliphatic rings. The van der Waals surface area contributed by atoms with Crippen LogP contribution in [0, 0.1) is 6.92 Å². The molecule has 1 N–H and O–H groups in total. The zero-order chi connectivity index (χ0) is 18.2. The molecular weight excluding hydrogens is 316 g/mol.